The Labute approximate surface area is 99.6 Å². The van der Waals surface area contributed by atoms with Crippen LogP contribution in [0.2, 0.25) is 0 Å². The van der Waals surface area contributed by atoms with Gasteiger partial charge in [-0.2, -0.15) is 0 Å². The Morgan fingerprint density at radius 1 is 1.64 bits per heavy atom. The van der Waals surface area contributed by atoms with Crippen LogP contribution in [0.4, 0.5) is 0 Å². The van der Waals surface area contributed by atoms with Crippen molar-refractivity contribution in [2.75, 3.05) is 17.2 Å². The highest BCUT2D eigenvalue weighted by atomic mass is 127. The van der Waals surface area contributed by atoms with Crippen molar-refractivity contribution in [3.63, 3.8) is 0 Å². The second-order valence-electron chi connectivity index (χ2n) is 3.55. The minimum atomic E-state index is -2.72. The second kappa shape index (κ2) is 6.46. The zero-order valence-electron chi connectivity index (χ0n) is 8.58. The van der Waals surface area contributed by atoms with Gasteiger partial charge in [0.25, 0.3) is 0 Å². The Bertz CT molecular complexity index is 210. The molecule has 1 saturated heterocycles. The largest absolute Gasteiger partial charge is 0.330 e. The van der Waals surface area contributed by atoms with Gasteiger partial charge in [-0.05, 0) is 19.3 Å². The summed E-state index contributed by atoms with van der Waals surface area (Å²) in [6.45, 7) is 2.66. The van der Waals surface area contributed by atoms with Gasteiger partial charge in [-0.3, -0.25) is 4.57 Å². The normalized spacial score (nSPS) is 33.1. The van der Waals surface area contributed by atoms with Gasteiger partial charge in [0.2, 0.25) is 0 Å². The fourth-order valence-electron chi connectivity index (χ4n) is 1.39. The molecule has 3 nitrogen and oxygen atoms in total. The fourth-order valence-corrected chi connectivity index (χ4v) is 4.20. The summed E-state index contributed by atoms with van der Waals surface area (Å²) >= 11 is 2.27. The highest BCUT2D eigenvalue weighted by molar-refractivity contribution is 14.1. The van der Waals surface area contributed by atoms with Gasteiger partial charge in [0, 0.05) is 4.43 Å². The average Bonchev–Trinajstić information content (AvgIpc) is 2.18. The maximum atomic E-state index is 12.0. The van der Waals surface area contributed by atoms with Gasteiger partial charge in [0.1, 0.15) is 0 Å². The monoisotopic (exact) mass is 332 g/mol. The molecule has 1 aliphatic heterocycles. The van der Waals surface area contributed by atoms with Gasteiger partial charge in [0.05, 0.1) is 18.9 Å². The first kappa shape index (κ1) is 12.9. The van der Waals surface area contributed by atoms with E-state index in [4.69, 9.17) is 9.05 Å². The van der Waals surface area contributed by atoms with Crippen molar-refractivity contribution < 1.29 is 13.6 Å². The molecular formula is C9H18IO3P. The van der Waals surface area contributed by atoms with Crippen LogP contribution < -0.4 is 0 Å². The minimum absolute atomic E-state index is 0.136. The van der Waals surface area contributed by atoms with Crippen molar-refractivity contribution in [2.45, 2.75) is 38.7 Å². The Kier molecular flexibility index (Phi) is 5.97. The first-order valence-electron chi connectivity index (χ1n) is 5.18. The summed E-state index contributed by atoms with van der Waals surface area (Å²) in [6.07, 6.45) is 4.75. The summed E-state index contributed by atoms with van der Waals surface area (Å²) in [5, 5.41) is 0. The topological polar surface area (TPSA) is 35.5 Å². The van der Waals surface area contributed by atoms with Crippen molar-refractivity contribution >= 4 is 30.2 Å². The van der Waals surface area contributed by atoms with Gasteiger partial charge < -0.3 is 9.05 Å². The third-order valence-corrected chi connectivity index (χ3v) is 5.27. The molecule has 0 bridgehead atoms. The van der Waals surface area contributed by atoms with E-state index in [1.165, 1.54) is 0 Å². The van der Waals surface area contributed by atoms with Crippen LogP contribution in [0.3, 0.4) is 0 Å². The molecule has 2 atom stereocenters. The zero-order chi connectivity index (χ0) is 10.4. The molecule has 0 amide bonds. The van der Waals surface area contributed by atoms with Crippen LogP contribution in [0.15, 0.2) is 0 Å². The van der Waals surface area contributed by atoms with E-state index >= 15 is 0 Å². The molecule has 0 unspecified atom stereocenters. The van der Waals surface area contributed by atoms with Crippen molar-refractivity contribution in [3.05, 3.63) is 0 Å². The van der Waals surface area contributed by atoms with Crippen LogP contribution in [-0.2, 0) is 13.6 Å². The Hall–Kier alpha value is 0.880. The van der Waals surface area contributed by atoms with Crippen LogP contribution in [0, 0.1) is 0 Å². The van der Waals surface area contributed by atoms with Gasteiger partial charge in [0.15, 0.2) is 0 Å². The maximum absolute atomic E-state index is 12.0. The molecule has 1 heterocycles. The summed E-state index contributed by atoms with van der Waals surface area (Å²) in [5.74, 6) is 0. The lowest BCUT2D eigenvalue weighted by Crippen LogP contribution is -2.20. The van der Waals surface area contributed by atoms with E-state index in [0.717, 1.165) is 30.1 Å². The summed E-state index contributed by atoms with van der Waals surface area (Å²) in [6, 6.07) is 0. The molecule has 5 heteroatoms. The van der Waals surface area contributed by atoms with Crippen LogP contribution in [0.5, 0.6) is 0 Å². The molecule has 0 aromatic carbocycles. The molecule has 14 heavy (non-hydrogen) atoms. The molecule has 1 aliphatic rings. The van der Waals surface area contributed by atoms with Gasteiger partial charge in [-0.1, -0.05) is 35.9 Å². The summed E-state index contributed by atoms with van der Waals surface area (Å²) in [7, 11) is -2.72. The van der Waals surface area contributed by atoms with Gasteiger partial charge in [-0.25, -0.2) is 0 Å². The lowest BCUT2D eigenvalue weighted by Gasteiger charge is -2.28. The highest BCUT2D eigenvalue weighted by Crippen LogP contribution is 2.53. The van der Waals surface area contributed by atoms with Crippen molar-refractivity contribution in [3.8, 4) is 0 Å². The lowest BCUT2D eigenvalue weighted by molar-refractivity contribution is 0.138. The van der Waals surface area contributed by atoms with Gasteiger partial charge >= 0.3 is 7.60 Å². The second-order valence-corrected chi connectivity index (χ2v) is 6.56. The Balaban J connectivity index is 2.35. The standard InChI is InChI=1S/C9H18IO3P/c1-2-3-6-12-14(11)7-4-5-9(8-10)13-14/h9H,2-8H2,1H3/t9-,14+/m0/s1. The molecule has 84 valence electrons. The van der Waals surface area contributed by atoms with Crippen LogP contribution in [0.1, 0.15) is 32.6 Å². The Morgan fingerprint density at radius 3 is 3.07 bits per heavy atom. The molecule has 0 N–H and O–H groups in total. The first-order valence-corrected chi connectivity index (χ1v) is 8.43. The number of hydrogen-bond donors (Lipinski definition) is 0. The van der Waals surface area contributed by atoms with Crippen molar-refractivity contribution in [1.29, 1.82) is 0 Å². The van der Waals surface area contributed by atoms with Gasteiger partial charge in [-0.15, -0.1) is 0 Å². The molecule has 0 saturated carbocycles. The summed E-state index contributed by atoms with van der Waals surface area (Å²) in [4.78, 5) is 0. The SMILES string of the molecule is CCCCO[P@]1(=O)CCC[C@@H](CI)O1. The molecule has 1 fully saturated rings. The van der Waals surface area contributed by atoms with E-state index in [0.29, 0.717) is 12.8 Å². The summed E-state index contributed by atoms with van der Waals surface area (Å²) < 4.78 is 23.8. The van der Waals surface area contributed by atoms with E-state index in [1.54, 1.807) is 0 Å². The fraction of sp³-hybridized carbons (Fsp3) is 1.00. The number of hydrogen-bond acceptors (Lipinski definition) is 3. The molecule has 0 aliphatic carbocycles. The maximum Gasteiger partial charge on any atom is 0.330 e. The molecule has 0 aromatic heterocycles. The van der Waals surface area contributed by atoms with E-state index in [-0.39, 0.29) is 6.10 Å². The third-order valence-electron chi connectivity index (χ3n) is 2.23. The predicted octanol–water partition coefficient (Wildman–Crippen LogP) is 3.61. The van der Waals surface area contributed by atoms with Crippen LogP contribution in [0.25, 0.3) is 0 Å². The quantitative estimate of drug-likeness (QED) is 0.334. The third kappa shape index (κ3) is 4.17. The Morgan fingerprint density at radius 2 is 2.43 bits per heavy atom. The molecule has 1 rings (SSSR count). The number of unbranched alkanes of at least 4 members (excludes halogenated alkanes) is 1. The molecule has 0 spiro atoms. The van der Waals surface area contributed by atoms with E-state index in [2.05, 4.69) is 29.5 Å². The molecule has 0 aromatic rings. The summed E-state index contributed by atoms with van der Waals surface area (Å²) in [5.41, 5.74) is 0. The van der Waals surface area contributed by atoms with E-state index < -0.39 is 7.60 Å². The predicted molar refractivity (Wildman–Crippen MR) is 66.3 cm³/mol. The number of alkyl halides is 1. The van der Waals surface area contributed by atoms with E-state index in [1.807, 2.05) is 0 Å². The van der Waals surface area contributed by atoms with Crippen LogP contribution in [-0.4, -0.2) is 23.3 Å². The average molecular weight is 332 g/mol. The smallest absolute Gasteiger partial charge is 0.309 e. The minimum Gasteiger partial charge on any atom is -0.309 e. The van der Waals surface area contributed by atoms with Crippen LogP contribution >= 0.6 is 30.2 Å². The molecular weight excluding hydrogens is 314 g/mol. The zero-order valence-corrected chi connectivity index (χ0v) is 11.6. The highest BCUT2D eigenvalue weighted by Gasteiger charge is 2.32. The molecule has 0 radical (unpaired) electrons. The van der Waals surface area contributed by atoms with Crippen molar-refractivity contribution in [2.24, 2.45) is 0 Å². The lowest BCUT2D eigenvalue weighted by atomic mass is 10.2. The van der Waals surface area contributed by atoms with Crippen molar-refractivity contribution in [1.82, 2.24) is 0 Å². The van der Waals surface area contributed by atoms with E-state index in [9.17, 15) is 4.57 Å². The number of rotatable bonds is 5. The first-order chi connectivity index (χ1) is 6.70. The number of halogens is 1.